The molecule has 3 N–H and O–H groups in total. The molecule has 1 atom stereocenters. The quantitative estimate of drug-likeness (QED) is 0.474. The lowest BCUT2D eigenvalue weighted by Gasteiger charge is -2.16. The molecule has 0 aliphatic rings. The number of nitro groups is 1. The number of aromatic nitrogens is 1. The van der Waals surface area contributed by atoms with Crippen LogP contribution in [0.5, 0.6) is 0 Å². The Kier molecular flexibility index (Phi) is 5.97. The van der Waals surface area contributed by atoms with E-state index < -0.39 is 4.92 Å². The molecule has 8 nitrogen and oxygen atoms in total. The highest BCUT2D eigenvalue weighted by atomic mass is 16.6. The van der Waals surface area contributed by atoms with Crippen LogP contribution in [0, 0.1) is 10.1 Å². The molecule has 0 saturated carbocycles. The normalized spacial score (nSPS) is 11.9. The Balaban J connectivity index is 2.94. The molecule has 0 bridgehead atoms. The highest BCUT2D eigenvalue weighted by Gasteiger charge is 2.14. The molecule has 8 heteroatoms. The predicted molar refractivity (Wildman–Crippen MR) is 71.4 cm³/mol. The summed E-state index contributed by atoms with van der Waals surface area (Å²) in [5, 5.41) is 25.8. The summed E-state index contributed by atoms with van der Waals surface area (Å²) >= 11 is 0. The Bertz CT molecular complexity index is 427. The van der Waals surface area contributed by atoms with Crippen molar-refractivity contribution in [2.75, 3.05) is 37.5 Å². The van der Waals surface area contributed by atoms with Crippen LogP contribution in [0.1, 0.15) is 6.92 Å². The van der Waals surface area contributed by atoms with E-state index in [2.05, 4.69) is 15.6 Å². The zero-order chi connectivity index (χ0) is 14.3. The van der Waals surface area contributed by atoms with Gasteiger partial charge in [-0.05, 0) is 6.92 Å². The highest BCUT2D eigenvalue weighted by molar-refractivity contribution is 5.55. The van der Waals surface area contributed by atoms with Crippen molar-refractivity contribution >= 4 is 17.3 Å². The Morgan fingerprint density at radius 3 is 2.74 bits per heavy atom. The number of ether oxygens (including phenoxy) is 1. The molecule has 1 aromatic heterocycles. The minimum absolute atomic E-state index is 0.0671. The fourth-order valence-corrected chi connectivity index (χ4v) is 1.52. The van der Waals surface area contributed by atoms with E-state index in [-0.39, 0.29) is 24.9 Å². The molecule has 106 valence electrons. The summed E-state index contributed by atoms with van der Waals surface area (Å²) < 4.78 is 4.92. The average Bonchev–Trinajstić information content (AvgIpc) is 2.38. The smallest absolute Gasteiger partial charge is 0.276 e. The molecule has 1 heterocycles. The van der Waals surface area contributed by atoms with Gasteiger partial charge in [0.25, 0.3) is 5.69 Å². The maximum absolute atomic E-state index is 10.8. The fourth-order valence-electron chi connectivity index (χ4n) is 1.52. The van der Waals surface area contributed by atoms with Crippen molar-refractivity contribution in [1.82, 2.24) is 4.98 Å². The van der Waals surface area contributed by atoms with Gasteiger partial charge in [-0.1, -0.05) is 0 Å². The molecule has 19 heavy (non-hydrogen) atoms. The lowest BCUT2D eigenvalue weighted by atomic mass is 10.3. The van der Waals surface area contributed by atoms with Crippen molar-refractivity contribution in [3.05, 3.63) is 22.2 Å². The molecule has 1 rings (SSSR count). The minimum Gasteiger partial charge on any atom is -0.394 e. The van der Waals surface area contributed by atoms with Gasteiger partial charge in [0.1, 0.15) is 11.6 Å². The van der Waals surface area contributed by atoms with E-state index in [0.717, 1.165) is 0 Å². The number of nitrogens with one attached hydrogen (secondary N) is 2. The summed E-state index contributed by atoms with van der Waals surface area (Å²) in [5.74, 6) is 0.731. The zero-order valence-corrected chi connectivity index (χ0v) is 10.9. The van der Waals surface area contributed by atoms with Crippen molar-refractivity contribution in [2.45, 2.75) is 13.0 Å². The van der Waals surface area contributed by atoms with E-state index in [1.807, 2.05) is 6.92 Å². The largest absolute Gasteiger partial charge is 0.394 e. The molecule has 1 aromatic rings. The van der Waals surface area contributed by atoms with E-state index in [9.17, 15) is 10.1 Å². The Morgan fingerprint density at radius 2 is 2.21 bits per heavy atom. The summed E-state index contributed by atoms with van der Waals surface area (Å²) in [7, 11) is 1.51. The van der Waals surface area contributed by atoms with Gasteiger partial charge in [-0.15, -0.1) is 0 Å². The van der Waals surface area contributed by atoms with Gasteiger partial charge in [-0.25, -0.2) is 4.98 Å². The maximum atomic E-state index is 10.8. The minimum atomic E-state index is -0.488. The number of hydrogen-bond acceptors (Lipinski definition) is 7. The van der Waals surface area contributed by atoms with E-state index in [1.54, 1.807) is 0 Å². The first-order valence-electron chi connectivity index (χ1n) is 5.87. The van der Waals surface area contributed by atoms with Gasteiger partial charge in [-0.2, -0.15) is 0 Å². The summed E-state index contributed by atoms with van der Waals surface area (Å²) in [5.41, 5.74) is -0.0671. The van der Waals surface area contributed by atoms with E-state index >= 15 is 0 Å². The van der Waals surface area contributed by atoms with Crippen LogP contribution >= 0.6 is 0 Å². The Labute approximate surface area is 111 Å². The van der Waals surface area contributed by atoms with Crippen molar-refractivity contribution in [3.63, 3.8) is 0 Å². The first kappa shape index (κ1) is 15.1. The maximum Gasteiger partial charge on any atom is 0.276 e. The topological polar surface area (TPSA) is 110 Å². The van der Waals surface area contributed by atoms with Crippen LogP contribution in [0.2, 0.25) is 0 Å². The van der Waals surface area contributed by atoms with Gasteiger partial charge in [0.2, 0.25) is 0 Å². The van der Waals surface area contributed by atoms with Crippen molar-refractivity contribution < 1.29 is 14.8 Å². The fraction of sp³-hybridized carbons (Fsp3) is 0.545. The van der Waals surface area contributed by atoms with Crippen LogP contribution in [-0.4, -0.2) is 47.9 Å². The molecule has 0 radical (unpaired) electrons. The molecular formula is C11H18N4O4. The van der Waals surface area contributed by atoms with Crippen LogP contribution < -0.4 is 10.6 Å². The van der Waals surface area contributed by atoms with Gasteiger partial charge < -0.3 is 20.5 Å². The van der Waals surface area contributed by atoms with Crippen LogP contribution in [-0.2, 0) is 4.74 Å². The third-order valence-corrected chi connectivity index (χ3v) is 2.32. The lowest BCUT2D eigenvalue weighted by molar-refractivity contribution is -0.384. The number of pyridine rings is 1. The summed E-state index contributed by atoms with van der Waals surface area (Å²) in [6.45, 7) is 2.59. The van der Waals surface area contributed by atoms with Crippen LogP contribution in [0.3, 0.4) is 0 Å². The molecule has 0 fully saturated rings. The first-order valence-corrected chi connectivity index (χ1v) is 5.87. The SMILES string of the molecule is CCNc1cc([N+](=O)[O-])cc(NC(CO)COC)n1. The van der Waals surface area contributed by atoms with Crippen LogP contribution in [0.25, 0.3) is 0 Å². The number of methoxy groups -OCH3 is 1. The van der Waals surface area contributed by atoms with Crippen molar-refractivity contribution in [1.29, 1.82) is 0 Å². The van der Waals surface area contributed by atoms with Crippen LogP contribution in [0.15, 0.2) is 12.1 Å². The molecule has 0 aromatic carbocycles. The summed E-state index contributed by atoms with van der Waals surface area (Å²) in [6.07, 6.45) is 0. The van der Waals surface area contributed by atoms with Crippen molar-refractivity contribution in [3.8, 4) is 0 Å². The van der Waals surface area contributed by atoms with Gasteiger partial charge in [0, 0.05) is 13.7 Å². The second kappa shape index (κ2) is 7.49. The predicted octanol–water partition coefficient (Wildman–Crippen LogP) is 0.841. The average molecular weight is 270 g/mol. The zero-order valence-electron chi connectivity index (χ0n) is 10.9. The standard InChI is InChI=1S/C11H18N4O4/c1-3-12-10-4-9(15(17)18)5-11(14-10)13-8(6-16)7-19-2/h4-5,8,16H,3,6-7H2,1-2H3,(H2,12,13,14). The third kappa shape index (κ3) is 4.68. The molecule has 0 aliphatic carbocycles. The number of nitrogens with zero attached hydrogens (tertiary/aromatic N) is 2. The Morgan fingerprint density at radius 1 is 1.53 bits per heavy atom. The van der Waals surface area contributed by atoms with Gasteiger partial charge in [0.15, 0.2) is 0 Å². The number of hydrogen-bond donors (Lipinski definition) is 3. The summed E-state index contributed by atoms with van der Waals surface area (Å²) in [6, 6.07) is 2.31. The second-order valence-electron chi connectivity index (χ2n) is 3.86. The first-order chi connectivity index (χ1) is 9.10. The molecule has 0 amide bonds. The number of anilines is 2. The Hall–Kier alpha value is -1.93. The molecular weight excluding hydrogens is 252 g/mol. The summed E-state index contributed by atoms with van der Waals surface area (Å²) in [4.78, 5) is 14.5. The van der Waals surface area contributed by atoms with Gasteiger partial charge in [-0.3, -0.25) is 10.1 Å². The van der Waals surface area contributed by atoms with E-state index in [4.69, 9.17) is 9.84 Å². The molecule has 0 saturated heterocycles. The number of rotatable bonds is 8. The number of aliphatic hydroxyl groups is 1. The molecule has 1 unspecified atom stereocenters. The van der Waals surface area contributed by atoms with Gasteiger partial charge >= 0.3 is 0 Å². The molecule has 0 aliphatic heterocycles. The third-order valence-electron chi connectivity index (χ3n) is 2.32. The second-order valence-corrected chi connectivity index (χ2v) is 3.86. The van der Waals surface area contributed by atoms with Crippen LogP contribution in [0.4, 0.5) is 17.3 Å². The number of aliphatic hydroxyl groups excluding tert-OH is 1. The van der Waals surface area contributed by atoms with E-state index in [1.165, 1.54) is 19.2 Å². The lowest BCUT2D eigenvalue weighted by Crippen LogP contribution is -2.29. The monoisotopic (exact) mass is 270 g/mol. The highest BCUT2D eigenvalue weighted by Crippen LogP contribution is 2.21. The van der Waals surface area contributed by atoms with E-state index in [0.29, 0.717) is 18.2 Å². The van der Waals surface area contributed by atoms with Crippen molar-refractivity contribution in [2.24, 2.45) is 0 Å². The molecule has 0 spiro atoms. The van der Waals surface area contributed by atoms with Gasteiger partial charge in [0.05, 0.1) is 36.3 Å².